The lowest BCUT2D eigenvalue weighted by Gasteiger charge is -2.29. The number of carbonyl (C=O) groups excluding carboxylic acids is 4. The molecule has 1 fully saturated rings. The fourth-order valence-electron chi connectivity index (χ4n) is 5.31. The van der Waals surface area contributed by atoms with Crippen molar-refractivity contribution >= 4 is 69.5 Å². The molecule has 3 atom stereocenters. The maximum atomic E-state index is 13.9. The van der Waals surface area contributed by atoms with Crippen LogP contribution in [0.4, 0.5) is 11.4 Å². The van der Waals surface area contributed by atoms with Crippen molar-refractivity contribution in [3.8, 4) is 0 Å². The molecule has 0 aliphatic carbocycles. The second-order valence-electron chi connectivity index (χ2n) is 9.88. The highest BCUT2D eigenvalue weighted by Crippen LogP contribution is 2.54. The lowest BCUT2D eigenvalue weighted by Crippen LogP contribution is -2.32. The smallest absolute Gasteiger partial charge is 0.338 e. The number of imide groups is 1. The minimum absolute atomic E-state index is 0.221. The summed E-state index contributed by atoms with van der Waals surface area (Å²) in [6.07, 6.45) is 0. The molecule has 2 aliphatic rings. The quantitative estimate of drug-likeness (QED) is 0.231. The van der Waals surface area contributed by atoms with E-state index in [0.29, 0.717) is 26.8 Å². The molecule has 2 aromatic carbocycles. The van der Waals surface area contributed by atoms with Gasteiger partial charge in [-0.25, -0.2) is 9.69 Å². The largest absolute Gasteiger partial charge is 0.462 e. The normalized spacial score (nSPS) is 19.4. The number of thiazole rings is 1. The standard InChI is InChI=1S/C30H25N3O6S3/c1-3-39-29(37)17-9-11-19(12-10-17)33-26(35)23-22(20-8-5-13-40-20)25-28(41-24(23)27(33)36)32(30(38)42-25)15-21(34)31-18-7-4-6-16(2)14-18/h4-14,22-24H,3,15H2,1-2H3,(H,31,34)/t22-,23-,24+/m0/s1. The van der Waals surface area contributed by atoms with Crippen LogP contribution in [0, 0.1) is 12.8 Å². The molecule has 3 amide bonds. The van der Waals surface area contributed by atoms with E-state index in [1.165, 1.54) is 32.9 Å². The summed E-state index contributed by atoms with van der Waals surface area (Å²) in [6.45, 7) is 3.65. The van der Waals surface area contributed by atoms with Gasteiger partial charge in [-0.3, -0.25) is 23.7 Å². The van der Waals surface area contributed by atoms with Crippen LogP contribution >= 0.6 is 34.4 Å². The average Bonchev–Trinajstić information content (AvgIpc) is 3.66. The zero-order chi connectivity index (χ0) is 29.5. The monoisotopic (exact) mass is 619 g/mol. The molecule has 6 rings (SSSR count). The predicted octanol–water partition coefficient (Wildman–Crippen LogP) is 4.89. The molecular formula is C30H25N3O6S3. The average molecular weight is 620 g/mol. The molecule has 4 aromatic rings. The predicted molar refractivity (Wildman–Crippen MR) is 163 cm³/mol. The highest BCUT2D eigenvalue weighted by molar-refractivity contribution is 8.00. The number of hydrogen-bond donors (Lipinski definition) is 1. The fraction of sp³-hybridized carbons (Fsp3) is 0.233. The van der Waals surface area contributed by atoms with E-state index in [2.05, 4.69) is 5.32 Å². The lowest BCUT2D eigenvalue weighted by atomic mass is 9.87. The summed E-state index contributed by atoms with van der Waals surface area (Å²) in [5.74, 6) is -2.86. The number of rotatable bonds is 7. The van der Waals surface area contributed by atoms with Crippen molar-refractivity contribution in [3.63, 3.8) is 0 Å². The highest BCUT2D eigenvalue weighted by atomic mass is 32.2. The highest BCUT2D eigenvalue weighted by Gasteiger charge is 2.57. The van der Waals surface area contributed by atoms with Crippen molar-refractivity contribution in [1.82, 2.24) is 4.57 Å². The van der Waals surface area contributed by atoms with Gasteiger partial charge < -0.3 is 10.1 Å². The minimum atomic E-state index is -0.790. The van der Waals surface area contributed by atoms with Crippen molar-refractivity contribution < 1.29 is 23.9 Å². The first-order chi connectivity index (χ1) is 20.3. The van der Waals surface area contributed by atoms with E-state index >= 15 is 0 Å². The van der Waals surface area contributed by atoms with Crippen LogP contribution in [0.15, 0.2) is 75.9 Å². The molecule has 1 N–H and O–H groups in total. The van der Waals surface area contributed by atoms with Crippen molar-refractivity contribution in [2.75, 3.05) is 16.8 Å². The van der Waals surface area contributed by atoms with Crippen LogP contribution in [-0.2, 0) is 25.7 Å². The Morgan fingerprint density at radius 1 is 1.00 bits per heavy atom. The molecule has 12 heteroatoms. The summed E-state index contributed by atoms with van der Waals surface area (Å²) in [6, 6.07) is 17.3. The Balaban J connectivity index is 1.34. The Kier molecular flexibility index (Phi) is 7.60. The number of thioether (sulfide) groups is 1. The zero-order valence-corrected chi connectivity index (χ0v) is 25.0. The maximum absolute atomic E-state index is 13.9. The lowest BCUT2D eigenvalue weighted by molar-refractivity contribution is -0.122. The van der Waals surface area contributed by atoms with Crippen molar-refractivity contribution in [2.24, 2.45) is 5.92 Å². The number of esters is 1. The number of ether oxygens (including phenoxy) is 1. The third kappa shape index (κ3) is 4.99. The van der Waals surface area contributed by atoms with Gasteiger partial charge in [0.25, 0.3) is 0 Å². The van der Waals surface area contributed by atoms with Crippen LogP contribution in [0.3, 0.4) is 0 Å². The van der Waals surface area contributed by atoms with E-state index in [1.807, 2.05) is 42.6 Å². The summed E-state index contributed by atoms with van der Waals surface area (Å²) < 4.78 is 6.44. The van der Waals surface area contributed by atoms with Crippen LogP contribution in [0.5, 0.6) is 0 Å². The molecule has 0 spiro atoms. The van der Waals surface area contributed by atoms with E-state index < -0.39 is 29.0 Å². The van der Waals surface area contributed by atoms with Crippen molar-refractivity contribution in [1.29, 1.82) is 0 Å². The Morgan fingerprint density at radius 2 is 1.79 bits per heavy atom. The van der Waals surface area contributed by atoms with Crippen LogP contribution in [-0.4, -0.2) is 40.1 Å². The number of thiophene rings is 1. The maximum Gasteiger partial charge on any atom is 0.338 e. The fourth-order valence-corrected chi connectivity index (χ4v) is 9.03. The Labute approximate surface area is 253 Å². The van der Waals surface area contributed by atoms with Gasteiger partial charge in [0.15, 0.2) is 0 Å². The Hall–Kier alpha value is -4.00. The van der Waals surface area contributed by atoms with E-state index in [4.69, 9.17) is 4.74 Å². The second-order valence-corrected chi connectivity index (χ2v) is 13.0. The Morgan fingerprint density at radius 3 is 2.48 bits per heavy atom. The number of aryl methyl sites for hydroxylation is 1. The van der Waals surface area contributed by atoms with Gasteiger partial charge in [-0.05, 0) is 67.3 Å². The van der Waals surface area contributed by atoms with Gasteiger partial charge in [0, 0.05) is 21.4 Å². The SMILES string of the molecule is CCOC(=O)c1ccc(N2C(=O)[C@H]3[C@H](c4cccs4)c4sc(=O)n(CC(=O)Nc5cccc(C)c5)c4S[C@H]3C2=O)cc1. The van der Waals surface area contributed by atoms with Crippen LogP contribution in [0.2, 0.25) is 0 Å². The number of nitrogens with one attached hydrogen (secondary N) is 1. The van der Waals surface area contributed by atoms with Gasteiger partial charge in [-0.2, -0.15) is 0 Å². The van der Waals surface area contributed by atoms with Crippen molar-refractivity contribution in [3.05, 3.63) is 96.6 Å². The first kappa shape index (κ1) is 28.1. The third-order valence-corrected chi connectivity index (χ3v) is 10.7. The van der Waals surface area contributed by atoms with Gasteiger partial charge in [0.2, 0.25) is 17.7 Å². The number of amides is 3. The topological polar surface area (TPSA) is 115 Å². The molecule has 2 aromatic heterocycles. The van der Waals surface area contributed by atoms with E-state index in [-0.39, 0.29) is 29.8 Å². The molecule has 0 radical (unpaired) electrons. The summed E-state index contributed by atoms with van der Waals surface area (Å²) in [5, 5.41) is 4.48. The first-order valence-electron chi connectivity index (χ1n) is 13.2. The first-order valence-corrected chi connectivity index (χ1v) is 15.8. The third-order valence-electron chi connectivity index (χ3n) is 7.14. The number of fused-ring (bicyclic) bond motifs is 2. The Bertz CT molecular complexity index is 1760. The van der Waals surface area contributed by atoms with Crippen LogP contribution in [0.1, 0.15) is 38.5 Å². The van der Waals surface area contributed by atoms with Gasteiger partial charge in [-0.15, -0.1) is 11.3 Å². The zero-order valence-electron chi connectivity index (χ0n) is 22.6. The number of carbonyl (C=O) groups is 4. The summed E-state index contributed by atoms with van der Waals surface area (Å²) in [7, 11) is 0. The molecular weight excluding hydrogens is 595 g/mol. The molecule has 4 heterocycles. The van der Waals surface area contributed by atoms with Crippen molar-refractivity contribution in [2.45, 2.75) is 36.6 Å². The van der Waals surface area contributed by atoms with Gasteiger partial charge in [0.1, 0.15) is 11.8 Å². The molecule has 0 saturated carbocycles. The van der Waals surface area contributed by atoms with E-state index in [1.54, 1.807) is 25.1 Å². The molecule has 0 unspecified atom stereocenters. The number of anilines is 2. The van der Waals surface area contributed by atoms with Gasteiger partial charge >= 0.3 is 10.8 Å². The van der Waals surface area contributed by atoms with E-state index in [0.717, 1.165) is 33.5 Å². The molecule has 0 bridgehead atoms. The summed E-state index contributed by atoms with van der Waals surface area (Å²) in [4.78, 5) is 68.5. The number of nitrogens with zero attached hydrogens (tertiary/aromatic N) is 2. The van der Waals surface area contributed by atoms with Crippen LogP contribution in [0.25, 0.3) is 0 Å². The molecule has 214 valence electrons. The molecule has 42 heavy (non-hydrogen) atoms. The number of aromatic nitrogens is 1. The van der Waals surface area contributed by atoms with Crippen LogP contribution < -0.4 is 15.1 Å². The van der Waals surface area contributed by atoms with E-state index in [9.17, 15) is 24.0 Å². The molecule has 1 saturated heterocycles. The second kappa shape index (κ2) is 11.3. The number of benzene rings is 2. The minimum Gasteiger partial charge on any atom is -0.462 e. The summed E-state index contributed by atoms with van der Waals surface area (Å²) in [5.41, 5.74) is 2.29. The van der Waals surface area contributed by atoms with Gasteiger partial charge in [-0.1, -0.05) is 41.3 Å². The molecule has 9 nitrogen and oxygen atoms in total. The summed E-state index contributed by atoms with van der Waals surface area (Å²) >= 11 is 3.63. The molecule has 2 aliphatic heterocycles. The number of hydrogen-bond acceptors (Lipinski definition) is 9. The van der Waals surface area contributed by atoms with Gasteiger partial charge in [0.05, 0.1) is 28.8 Å².